The van der Waals surface area contributed by atoms with Gasteiger partial charge in [0.25, 0.3) is 5.56 Å². The highest BCUT2D eigenvalue weighted by atomic mass is 35.5. The van der Waals surface area contributed by atoms with Crippen molar-refractivity contribution in [1.82, 2.24) is 19.4 Å². The van der Waals surface area contributed by atoms with Gasteiger partial charge >= 0.3 is 0 Å². The molecule has 1 fully saturated rings. The number of piperazine rings is 1. The molecular weight excluding hydrogens is 627 g/mol. The summed E-state index contributed by atoms with van der Waals surface area (Å²) < 4.78 is 12.7. The highest BCUT2D eigenvalue weighted by Gasteiger charge is 2.23. The topological polar surface area (TPSA) is 101 Å². The number of para-hydroxylation sites is 1. The molecule has 0 atom stereocenters. The van der Waals surface area contributed by atoms with Crippen LogP contribution in [0.2, 0.25) is 10.0 Å². The summed E-state index contributed by atoms with van der Waals surface area (Å²) in [6, 6.07) is 10.8. The number of rotatable bonds is 11. The van der Waals surface area contributed by atoms with Gasteiger partial charge in [-0.05, 0) is 50.7 Å². The first kappa shape index (κ1) is 33.3. The van der Waals surface area contributed by atoms with Crippen LogP contribution in [-0.4, -0.2) is 79.2 Å². The second-order valence-corrected chi connectivity index (χ2v) is 12.0. The lowest BCUT2D eigenvalue weighted by Gasteiger charge is -2.32. The molecule has 1 saturated heterocycles. The number of aromatic nitrogens is 2. The highest BCUT2D eigenvalue weighted by molar-refractivity contribution is 6.41. The summed E-state index contributed by atoms with van der Waals surface area (Å²) in [6.07, 6.45) is 3.68. The Kier molecular flexibility index (Phi) is 10.5. The Balaban J connectivity index is 1.61. The Morgan fingerprint density at radius 2 is 1.74 bits per heavy atom. The van der Waals surface area contributed by atoms with Crippen molar-refractivity contribution < 1.29 is 14.3 Å². The number of nitrogens with one attached hydrogen (secondary N) is 2. The van der Waals surface area contributed by atoms with Crippen LogP contribution < -0.4 is 25.7 Å². The van der Waals surface area contributed by atoms with Crippen molar-refractivity contribution in [3.8, 4) is 22.6 Å². The maximum absolute atomic E-state index is 14.4. The molecule has 12 heteroatoms. The molecule has 0 unspecified atom stereocenters. The Morgan fingerprint density at radius 1 is 1.04 bits per heavy atom. The lowest BCUT2D eigenvalue weighted by molar-refractivity contribution is -0.111. The Labute approximate surface area is 278 Å². The van der Waals surface area contributed by atoms with Gasteiger partial charge in [0.05, 0.1) is 46.7 Å². The fourth-order valence-electron chi connectivity index (χ4n) is 5.64. The van der Waals surface area contributed by atoms with E-state index in [-0.39, 0.29) is 21.5 Å². The Bertz CT molecular complexity index is 1810. The third-order valence-corrected chi connectivity index (χ3v) is 8.99. The van der Waals surface area contributed by atoms with E-state index in [1.165, 1.54) is 20.3 Å². The molecule has 2 aromatic carbocycles. The molecule has 46 heavy (non-hydrogen) atoms. The van der Waals surface area contributed by atoms with Gasteiger partial charge in [-0.3, -0.25) is 9.59 Å². The van der Waals surface area contributed by atoms with E-state index in [0.29, 0.717) is 51.9 Å². The van der Waals surface area contributed by atoms with Gasteiger partial charge in [-0.2, -0.15) is 0 Å². The molecule has 1 aliphatic heterocycles. The third-order valence-electron chi connectivity index (χ3n) is 8.24. The number of nitrogens with zero attached hydrogens (tertiary/aromatic N) is 4. The molecule has 0 spiro atoms. The van der Waals surface area contributed by atoms with Gasteiger partial charge in [-0.1, -0.05) is 41.9 Å². The van der Waals surface area contributed by atoms with Crippen LogP contribution in [0.5, 0.6) is 11.5 Å². The van der Waals surface area contributed by atoms with Crippen LogP contribution in [-0.2, 0) is 11.3 Å². The van der Waals surface area contributed by atoms with Gasteiger partial charge in [0, 0.05) is 62.0 Å². The summed E-state index contributed by atoms with van der Waals surface area (Å²) >= 11 is 13.6. The van der Waals surface area contributed by atoms with Crippen LogP contribution in [0, 0.1) is 6.92 Å². The molecule has 0 saturated carbocycles. The van der Waals surface area contributed by atoms with Crippen molar-refractivity contribution in [2.75, 3.05) is 64.6 Å². The number of amides is 1. The van der Waals surface area contributed by atoms with E-state index in [1.807, 2.05) is 25.1 Å². The maximum Gasteiger partial charge on any atom is 0.259 e. The quantitative estimate of drug-likeness (QED) is 0.183. The normalized spacial score (nSPS) is 13.9. The molecular formula is C34H38Cl2N6O4. The zero-order valence-electron chi connectivity index (χ0n) is 26.5. The summed E-state index contributed by atoms with van der Waals surface area (Å²) in [4.78, 5) is 35.9. The van der Waals surface area contributed by atoms with Crippen molar-refractivity contribution in [2.24, 2.45) is 0 Å². The van der Waals surface area contributed by atoms with Gasteiger partial charge in [-0.25, -0.2) is 4.98 Å². The number of ether oxygens (including phenoxy) is 2. The monoisotopic (exact) mass is 664 g/mol. The molecule has 3 heterocycles. The van der Waals surface area contributed by atoms with E-state index in [0.717, 1.165) is 50.1 Å². The summed E-state index contributed by atoms with van der Waals surface area (Å²) in [5.74, 6) is 0.867. The number of carbonyl (C=O) groups excluding carboxylic acids is 1. The molecule has 2 N–H and O–H groups in total. The molecule has 0 radical (unpaired) electrons. The number of aryl methyl sites for hydroxylation is 2. The first-order valence-corrected chi connectivity index (χ1v) is 15.8. The summed E-state index contributed by atoms with van der Waals surface area (Å²) in [5.41, 5.74) is 3.27. The zero-order valence-corrected chi connectivity index (χ0v) is 28.0. The van der Waals surface area contributed by atoms with Crippen LogP contribution >= 0.6 is 23.2 Å². The van der Waals surface area contributed by atoms with E-state index < -0.39 is 0 Å². The van der Waals surface area contributed by atoms with E-state index in [9.17, 15) is 9.59 Å². The molecule has 2 aromatic heterocycles. The van der Waals surface area contributed by atoms with E-state index >= 15 is 0 Å². The van der Waals surface area contributed by atoms with Gasteiger partial charge < -0.3 is 34.5 Å². The number of anilines is 3. The number of likely N-dealkylation sites (N-methyl/N-ethyl adjacent to an activating group) is 1. The SMILES string of the molecule is C=CC(=O)Nc1cccc(C)c1Nc1cc2c(cn1)cc(-c1c(Cl)c(OC)cc(OC)c1Cl)c(=O)n2CCCN1CCN(C)CC1. The fraction of sp³-hybridized carbons (Fsp3) is 0.324. The lowest BCUT2D eigenvalue weighted by Crippen LogP contribution is -2.44. The maximum atomic E-state index is 14.4. The van der Waals surface area contributed by atoms with E-state index in [2.05, 4.69) is 39.0 Å². The van der Waals surface area contributed by atoms with Gasteiger partial charge in [0.1, 0.15) is 17.3 Å². The van der Waals surface area contributed by atoms with Crippen LogP contribution in [0.3, 0.4) is 0 Å². The minimum Gasteiger partial charge on any atom is -0.495 e. The number of hydrogen-bond donors (Lipinski definition) is 2. The number of benzene rings is 2. The minimum absolute atomic E-state index is 0.216. The van der Waals surface area contributed by atoms with Gasteiger partial charge in [-0.15, -0.1) is 0 Å². The van der Waals surface area contributed by atoms with Gasteiger partial charge in [0.2, 0.25) is 5.91 Å². The first-order chi connectivity index (χ1) is 22.1. The second-order valence-electron chi connectivity index (χ2n) is 11.2. The van der Waals surface area contributed by atoms with Crippen molar-refractivity contribution in [3.63, 3.8) is 0 Å². The van der Waals surface area contributed by atoms with Gasteiger partial charge in [0.15, 0.2) is 0 Å². The first-order valence-electron chi connectivity index (χ1n) is 15.0. The summed E-state index contributed by atoms with van der Waals surface area (Å²) in [5, 5.41) is 7.35. The smallest absolute Gasteiger partial charge is 0.259 e. The number of pyridine rings is 2. The van der Waals surface area contributed by atoms with Crippen LogP contribution in [0.4, 0.5) is 17.2 Å². The number of methoxy groups -OCH3 is 2. The number of carbonyl (C=O) groups is 1. The molecule has 242 valence electrons. The number of halogens is 2. The Hall–Kier alpha value is -4.09. The predicted molar refractivity (Wildman–Crippen MR) is 186 cm³/mol. The highest BCUT2D eigenvalue weighted by Crippen LogP contribution is 2.45. The summed E-state index contributed by atoms with van der Waals surface area (Å²) in [7, 11) is 5.12. The second kappa shape index (κ2) is 14.6. The molecule has 0 aliphatic carbocycles. The van der Waals surface area contributed by atoms with E-state index in [1.54, 1.807) is 29.0 Å². The number of hydrogen-bond acceptors (Lipinski definition) is 8. The summed E-state index contributed by atoms with van der Waals surface area (Å²) in [6.45, 7) is 10.8. The molecule has 0 bridgehead atoms. The standard InChI is InChI=1S/C34H38Cl2N6O4/c1-6-29(43)38-24-10-7-9-21(2)33(24)39-28-18-25-22(20-37-28)17-23(30-31(35)26(45-4)19-27(46-5)32(30)36)34(44)42(25)12-8-11-41-15-13-40(3)14-16-41/h6-7,9-10,17-20H,1,8,11-16H2,2-5H3,(H,37,39)(H,38,43). The average molecular weight is 666 g/mol. The molecule has 1 aliphatic rings. The van der Waals surface area contributed by atoms with Crippen LogP contribution in [0.25, 0.3) is 22.0 Å². The number of fused-ring (bicyclic) bond motifs is 1. The molecule has 1 amide bonds. The lowest BCUT2D eigenvalue weighted by atomic mass is 10.0. The van der Waals surface area contributed by atoms with Crippen molar-refractivity contribution in [2.45, 2.75) is 19.9 Å². The fourth-order valence-corrected chi connectivity index (χ4v) is 6.34. The van der Waals surface area contributed by atoms with Crippen LogP contribution in [0.1, 0.15) is 12.0 Å². The van der Waals surface area contributed by atoms with E-state index in [4.69, 9.17) is 32.7 Å². The molecule has 5 rings (SSSR count). The third kappa shape index (κ3) is 7.00. The Morgan fingerprint density at radius 3 is 2.39 bits per heavy atom. The molecule has 4 aromatic rings. The van der Waals surface area contributed by atoms with Crippen molar-refractivity contribution >= 4 is 57.2 Å². The van der Waals surface area contributed by atoms with Crippen molar-refractivity contribution in [1.29, 1.82) is 0 Å². The largest absolute Gasteiger partial charge is 0.495 e. The zero-order chi connectivity index (χ0) is 33.0. The van der Waals surface area contributed by atoms with Crippen LogP contribution in [0.15, 0.2) is 60.0 Å². The minimum atomic E-state index is -0.326. The average Bonchev–Trinajstić information content (AvgIpc) is 3.05. The predicted octanol–water partition coefficient (Wildman–Crippen LogP) is 6.20. The van der Waals surface area contributed by atoms with Crippen molar-refractivity contribution in [3.05, 3.63) is 81.2 Å². The molecule has 10 nitrogen and oxygen atoms in total.